The Morgan fingerprint density at radius 3 is 2.75 bits per heavy atom. The Labute approximate surface area is 76.0 Å². The maximum atomic E-state index is 5.81. The topological polar surface area (TPSA) is 12.9 Å². The van der Waals surface area contributed by atoms with Crippen molar-refractivity contribution in [1.29, 1.82) is 0 Å². The first-order valence-corrected chi connectivity index (χ1v) is 4.02. The first kappa shape index (κ1) is 7.56. The molecule has 0 aliphatic carbocycles. The average molecular weight is 177 g/mol. The van der Waals surface area contributed by atoms with Crippen molar-refractivity contribution >= 4 is 22.5 Å². The molecule has 2 aromatic rings. The van der Waals surface area contributed by atoms with Crippen molar-refractivity contribution in [3.8, 4) is 0 Å². The highest BCUT2D eigenvalue weighted by Gasteiger charge is 1.95. The number of benzene rings is 1. The minimum atomic E-state index is 0.709. The summed E-state index contributed by atoms with van der Waals surface area (Å²) in [6.07, 6.45) is 0. The predicted octanol–water partition coefficient (Wildman–Crippen LogP) is 3.07. The van der Waals surface area contributed by atoms with Gasteiger partial charge in [0.2, 0.25) is 0 Å². The summed E-state index contributed by atoms with van der Waals surface area (Å²) in [7, 11) is 0. The molecule has 2 rings (SSSR count). The monoisotopic (exact) mass is 176 g/mol. The number of aromatic nitrogens is 1. The van der Waals surface area contributed by atoms with Crippen LogP contribution in [0.2, 0.25) is 5.02 Å². The summed E-state index contributed by atoms with van der Waals surface area (Å²) in [5.41, 5.74) is 1.67. The Morgan fingerprint density at radius 1 is 1.17 bits per heavy atom. The number of rotatable bonds is 0. The van der Waals surface area contributed by atoms with Gasteiger partial charge in [0.25, 0.3) is 0 Å². The molecule has 0 atom stereocenters. The van der Waals surface area contributed by atoms with Crippen molar-refractivity contribution in [1.82, 2.24) is 4.98 Å². The molecule has 0 bridgehead atoms. The molecular weight excluding hydrogens is 170 g/mol. The molecule has 1 nitrogen and oxygen atoms in total. The molecule has 59 valence electrons. The fraction of sp³-hybridized carbons (Fsp3) is 0. The van der Waals surface area contributed by atoms with E-state index in [1.807, 2.05) is 30.3 Å². The second kappa shape index (κ2) is 2.76. The van der Waals surface area contributed by atoms with E-state index in [4.69, 9.17) is 11.6 Å². The molecular formula is C10H7ClN. The predicted molar refractivity (Wildman–Crippen MR) is 51.2 cm³/mol. The van der Waals surface area contributed by atoms with E-state index in [1.54, 1.807) is 0 Å². The lowest BCUT2D eigenvalue weighted by molar-refractivity contribution is 1.34. The zero-order valence-corrected chi connectivity index (χ0v) is 7.17. The normalized spacial score (nSPS) is 10.5. The molecule has 0 aliphatic heterocycles. The lowest BCUT2D eigenvalue weighted by atomic mass is 10.2. The zero-order valence-electron chi connectivity index (χ0n) is 6.42. The summed E-state index contributed by atoms with van der Waals surface area (Å²) < 4.78 is 0. The molecule has 0 fully saturated rings. The van der Waals surface area contributed by atoms with E-state index >= 15 is 0 Å². The Balaban J connectivity index is 2.80. The van der Waals surface area contributed by atoms with Gasteiger partial charge in [-0.05, 0) is 25.1 Å². The molecule has 1 aromatic heterocycles. The van der Waals surface area contributed by atoms with Crippen LogP contribution in [0.4, 0.5) is 0 Å². The molecule has 1 aromatic carbocycles. The van der Waals surface area contributed by atoms with Crippen LogP contribution in [0.5, 0.6) is 0 Å². The van der Waals surface area contributed by atoms with Gasteiger partial charge in [-0.2, -0.15) is 0 Å². The summed E-state index contributed by atoms with van der Waals surface area (Å²) in [6, 6.07) is 9.52. The molecule has 1 heterocycles. The van der Waals surface area contributed by atoms with Crippen molar-refractivity contribution in [3.05, 3.63) is 48.0 Å². The molecule has 0 saturated carbocycles. The van der Waals surface area contributed by atoms with E-state index < -0.39 is 0 Å². The van der Waals surface area contributed by atoms with Crippen LogP contribution < -0.4 is 0 Å². The van der Waals surface area contributed by atoms with Gasteiger partial charge in [-0.25, -0.2) is 0 Å². The van der Waals surface area contributed by atoms with Crippen LogP contribution in [0.15, 0.2) is 30.3 Å². The molecule has 1 radical (unpaired) electrons. The van der Waals surface area contributed by atoms with Gasteiger partial charge in [-0.15, -0.1) is 0 Å². The molecule has 12 heavy (non-hydrogen) atoms. The highest BCUT2D eigenvalue weighted by Crippen LogP contribution is 2.17. The number of hydrogen-bond acceptors (Lipinski definition) is 1. The van der Waals surface area contributed by atoms with Gasteiger partial charge in [0.05, 0.1) is 5.52 Å². The number of halogens is 1. The van der Waals surface area contributed by atoms with Crippen molar-refractivity contribution in [3.63, 3.8) is 0 Å². The quantitative estimate of drug-likeness (QED) is 0.601. The van der Waals surface area contributed by atoms with Gasteiger partial charge in [-0.3, -0.25) is 4.98 Å². The second-order valence-corrected chi connectivity index (χ2v) is 3.08. The third-order valence-corrected chi connectivity index (χ3v) is 1.95. The lowest BCUT2D eigenvalue weighted by Gasteiger charge is -1.98. The summed E-state index contributed by atoms with van der Waals surface area (Å²) in [5.74, 6) is 0. The fourth-order valence-electron chi connectivity index (χ4n) is 1.13. The van der Waals surface area contributed by atoms with Gasteiger partial charge >= 0.3 is 0 Å². The van der Waals surface area contributed by atoms with E-state index in [2.05, 4.69) is 11.9 Å². The van der Waals surface area contributed by atoms with E-state index in [0.717, 1.165) is 16.6 Å². The Morgan fingerprint density at radius 2 is 1.92 bits per heavy atom. The molecule has 0 saturated heterocycles. The van der Waals surface area contributed by atoms with Gasteiger partial charge in [0.15, 0.2) is 0 Å². The molecule has 0 unspecified atom stereocenters. The highest BCUT2D eigenvalue weighted by molar-refractivity contribution is 6.31. The lowest BCUT2D eigenvalue weighted by Crippen LogP contribution is -1.81. The van der Waals surface area contributed by atoms with E-state index in [0.29, 0.717) is 5.02 Å². The van der Waals surface area contributed by atoms with E-state index in [1.165, 1.54) is 0 Å². The van der Waals surface area contributed by atoms with Crippen LogP contribution >= 0.6 is 11.6 Å². The van der Waals surface area contributed by atoms with Crippen molar-refractivity contribution in [2.45, 2.75) is 0 Å². The Kier molecular flexibility index (Phi) is 1.74. The Hall–Kier alpha value is -1.08. The fourth-order valence-corrected chi connectivity index (χ4v) is 1.30. The summed E-state index contributed by atoms with van der Waals surface area (Å²) in [5, 5.41) is 1.80. The molecule has 0 N–H and O–H groups in total. The standard InChI is InChI=1S/C10H7ClN/c1-7-2-3-8-4-5-9(11)6-10(8)12-7/h2-6H,1H2. The van der Waals surface area contributed by atoms with E-state index in [-0.39, 0.29) is 0 Å². The average Bonchev–Trinajstić information content (AvgIpc) is 2.03. The van der Waals surface area contributed by atoms with Crippen LogP contribution in [-0.2, 0) is 0 Å². The molecule has 2 heteroatoms. The van der Waals surface area contributed by atoms with Crippen LogP contribution in [0, 0.1) is 6.92 Å². The van der Waals surface area contributed by atoms with Gasteiger partial charge in [-0.1, -0.05) is 23.7 Å². The largest absolute Gasteiger partial charge is 0.253 e. The number of hydrogen-bond donors (Lipinski definition) is 0. The van der Waals surface area contributed by atoms with Crippen LogP contribution in [0.1, 0.15) is 5.69 Å². The Bertz CT molecular complexity index is 386. The summed E-state index contributed by atoms with van der Waals surface area (Å²) in [6.45, 7) is 3.75. The smallest absolute Gasteiger partial charge is 0.0720 e. The third-order valence-electron chi connectivity index (χ3n) is 1.71. The number of nitrogens with zero attached hydrogens (tertiary/aromatic N) is 1. The van der Waals surface area contributed by atoms with Gasteiger partial charge in [0.1, 0.15) is 0 Å². The first-order valence-electron chi connectivity index (χ1n) is 3.64. The van der Waals surface area contributed by atoms with Crippen LogP contribution in [0.25, 0.3) is 10.9 Å². The second-order valence-electron chi connectivity index (χ2n) is 2.64. The van der Waals surface area contributed by atoms with Gasteiger partial charge < -0.3 is 0 Å². The highest BCUT2D eigenvalue weighted by atomic mass is 35.5. The maximum Gasteiger partial charge on any atom is 0.0720 e. The summed E-state index contributed by atoms with van der Waals surface area (Å²) in [4.78, 5) is 4.24. The third kappa shape index (κ3) is 1.28. The van der Waals surface area contributed by atoms with Crippen LogP contribution in [0.3, 0.4) is 0 Å². The number of fused-ring (bicyclic) bond motifs is 1. The SMILES string of the molecule is [CH2]c1ccc2ccc(Cl)cc2n1. The number of pyridine rings is 1. The minimum absolute atomic E-state index is 0.709. The molecule has 0 spiro atoms. The van der Waals surface area contributed by atoms with Crippen LogP contribution in [-0.4, -0.2) is 4.98 Å². The minimum Gasteiger partial charge on any atom is -0.253 e. The van der Waals surface area contributed by atoms with Crippen molar-refractivity contribution in [2.24, 2.45) is 0 Å². The first-order chi connectivity index (χ1) is 5.75. The summed E-state index contributed by atoms with van der Waals surface area (Å²) >= 11 is 5.81. The van der Waals surface area contributed by atoms with Crippen molar-refractivity contribution < 1.29 is 0 Å². The maximum absolute atomic E-state index is 5.81. The van der Waals surface area contributed by atoms with Gasteiger partial charge in [0, 0.05) is 16.1 Å². The van der Waals surface area contributed by atoms with Crippen molar-refractivity contribution in [2.75, 3.05) is 0 Å². The molecule has 0 aliphatic rings. The zero-order chi connectivity index (χ0) is 8.55. The van der Waals surface area contributed by atoms with E-state index in [9.17, 15) is 0 Å². The molecule has 0 amide bonds.